The zero-order chi connectivity index (χ0) is 13.7. The third-order valence-electron chi connectivity index (χ3n) is 3.67. The standard InChI is InChI=1S/C14H22BrN3O.ClH/c1-2-18-10-12(15)8-13(18)14(19)17-7-5-11-4-3-6-16-9-11;/h8,10-11,16H,2-7,9H2,1H3,(H,17,19);1H. The molecule has 2 N–H and O–H groups in total. The first kappa shape index (κ1) is 17.5. The normalized spacial score (nSPS) is 18.4. The van der Waals surface area contributed by atoms with Crippen LogP contribution in [0.5, 0.6) is 0 Å². The van der Waals surface area contributed by atoms with E-state index >= 15 is 0 Å². The van der Waals surface area contributed by atoms with Crippen molar-refractivity contribution in [3.8, 4) is 0 Å². The molecule has 0 aromatic carbocycles. The van der Waals surface area contributed by atoms with Crippen LogP contribution in [0.4, 0.5) is 0 Å². The predicted octanol–water partition coefficient (Wildman–Crippen LogP) is 2.81. The molecule has 6 heteroatoms. The maximum Gasteiger partial charge on any atom is 0.267 e. The van der Waals surface area contributed by atoms with E-state index in [-0.39, 0.29) is 18.3 Å². The number of carbonyl (C=O) groups excluding carboxylic acids is 1. The minimum Gasteiger partial charge on any atom is -0.351 e. The fourth-order valence-electron chi connectivity index (χ4n) is 2.58. The van der Waals surface area contributed by atoms with E-state index in [2.05, 4.69) is 26.6 Å². The first-order valence-corrected chi connectivity index (χ1v) is 7.84. The first-order chi connectivity index (χ1) is 9.20. The van der Waals surface area contributed by atoms with Crippen molar-refractivity contribution >= 4 is 34.2 Å². The Labute approximate surface area is 135 Å². The van der Waals surface area contributed by atoms with Crippen LogP contribution in [-0.2, 0) is 6.54 Å². The van der Waals surface area contributed by atoms with Crippen molar-refractivity contribution in [3.63, 3.8) is 0 Å². The summed E-state index contributed by atoms with van der Waals surface area (Å²) in [5.74, 6) is 0.732. The number of aryl methyl sites for hydroxylation is 1. The molecule has 1 aliphatic heterocycles. The van der Waals surface area contributed by atoms with E-state index in [1.807, 2.05) is 23.8 Å². The average Bonchev–Trinajstić information content (AvgIpc) is 2.81. The number of aromatic nitrogens is 1. The van der Waals surface area contributed by atoms with Gasteiger partial charge in [0.25, 0.3) is 5.91 Å². The lowest BCUT2D eigenvalue weighted by Gasteiger charge is -2.22. The second-order valence-corrected chi connectivity index (χ2v) is 6.00. The number of hydrogen-bond acceptors (Lipinski definition) is 2. The van der Waals surface area contributed by atoms with Crippen molar-refractivity contribution in [2.24, 2.45) is 5.92 Å². The van der Waals surface area contributed by atoms with Gasteiger partial charge in [-0.1, -0.05) is 0 Å². The Morgan fingerprint density at radius 1 is 1.60 bits per heavy atom. The molecule has 1 aromatic rings. The molecule has 0 radical (unpaired) electrons. The van der Waals surface area contributed by atoms with Crippen LogP contribution >= 0.6 is 28.3 Å². The van der Waals surface area contributed by atoms with Crippen molar-refractivity contribution in [1.29, 1.82) is 0 Å². The Morgan fingerprint density at radius 2 is 2.40 bits per heavy atom. The molecule has 1 saturated heterocycles. The Hall–Kier alpha value is -0.520. The molecule has 20 heavy (non-hydrogen) atoms. The zero-order valence-corrected chi connectivity index (χ0v) is 14.2. The van der Waals surface area contributed by atoms with Gasteiger partial charge in [0, 0.05) is 23.8 Å². The third kappa shape index (κ3) is 4.79. The van der Waals surface area contributed by atoms with E-state index in [4.69, 9.17) is 0 Å². The summed E-state index contributed by atoms with van der Waals surface area (Å²) in [6.45, 7) is 5.84. The Bertz CT molecular complexity index is 430. The van der Waals surface area contributed by atoms with Gasteiger partial charge in [-0.3, -0.25) is 4.79 Å². The van der Waals surface area contributed by atoms with Gasteiger partial charge in [0.1, 0.15) is 5.69 Å². The molecule has 1 atom stereocenters. The second-order valence-electron chi connectivity index (χ2n) is 5.09. The summed E-state index contributed by atoms with van der Waals surface area (Å²) in [4.78, 5) is 12.1. The van der Waals surface area contributed by atoms with Gasteiger partial charge in [-0.15, -0.1) is 12.4 Å². The van der Waals surface area contributed by atoms with E-state index in [1.54, 1.807) is 0 Å². The molecule has 1 aromatic heterocycles. The zero-order valence-electron chi connectivity index (χ0n) is 11.8. The largest absolute Gasteiger partial charge is 0.351 e. The van der Waals surface area contributed by atoms with Crippen LogP contribution in [0.3, 0.4) is 0 Å². The van der Waals surface area contributed by atoms with Crippen molar-refractivity contribution in [2.75, 3.05) is 19.6 Å². The molecule has 2 heterocycles. The van der Waals surface area contributed by atoms with Crippen molar-refractivity contribution in [1.82, 2.24) is 15.2 Å². The number of halogens is 2. The highest BCUT2D eigenvalue weighted by Gasteiger charge is 2.15. The van der Waals surface area contributed by atoms with Gasteiger partial charge in [-0.05, 0) is 67.2 Å². The van der Waals surface area contributed by atoms with E-state index in [0.29, 0.717) is 5.92 Å². The lowest BCUT2D eigenvalue weighted by molar-refractivity contribution is 0.0941. The second kappa shape index (κ2) is 8.70. The van der Waals surface area contributed by atoms with Gasteiger partial charge in [0.2, 0.25) is 0 Å². The summed E-state index contributed by atoms with van der Waals surface area (Å²) >= 11 is 3.41. The molecule has 1 aliphatic rings. The molecular formula is C14H23BrClN3O. The quantitative estimate of drug-likeness (QED) is 0.844. The van der Waals surface area contributed by atoms with E-state index in [9.17, 15) is 4.79 Å². The molecule has 1 fully saturated rings. The molecule has 0 aliphatic carbocycles. The lowest BCUT2D eigenvalue weighted by atomic mass is 9.96. The van der Waals surface area contributed by atoms with Crippen molar-refractivity contribution < 1.29 is 4.79 Å². The molecule has 2 rings (SSSR count). The summed E-state index contributed by atoms with van der Waals surface area (Å²) < 4.78 is 2.91. The molecular weight excluding hydrogens is 342 g/mol. The number of nitrogens with one attached hydrogen (secondary N) is 2. The average molecular weight is 365 g/mol. The Balaban J connectivity index is 0.00000200. The highest BCUT2D eigenvalue weighted by atomic mass is 79.9. The van der Waals surface area contributed by atoms with Gasteiger partial charge < -0.3 is 15.2 Å². The minimum atomic E-state index is 0. The number of hydrogen-bond donors (Lipinski definition) is 2. The Kier molecular flexibility index (Phi) is 7.62. The highest BCUT2D eigenvalue weighted by molar-refractivity contribution is 9.10. The van der Waals surface area contributed by atoms with Gasteiger partial charge >= 0.3 is 0 Å². The molecule has 0 spiro atoms. The van der Waals surface area contributed by atoms with Crippen LogP contribution in [0.1, 0.15) is 36.7 Å². The van der Waals surface area contributed by atoms with Gasteiger partial charge in [0.15, 0.2) is 0 Å². The van der Waals surface area contributed by atoms with Crippen molar-refractivity contribution in [3.05, 3.63) is 22.4 Å². The molecule has 0 bridgehead atoms. The SMILES string of the molecule is CCn1cc(Br)cc1C(=O)NCCC1CCCNC1.Cl. The fraction of sp³-hybridized carbons (Fsp3) is 0.643. The van der Waals surface area contributed by atoms with Crippen LogP contribution in [0.25, 0.3) is 0 Å². The maximum absolute atomic E-state index is 12.1. The number of carbonyl (C=O) groups is 1. The fourth-order valence-corrected chi connectivity index (χ4v) is 3.04. The van der Waals surface area contributed by atoms with E-state index in [0.717, 1.165) is 42.8 Å². The lowest BCUT2D eigenvalue weighted by Crippen LogP contribution is -2.33. The van der Waals surface area contributed by atoms with Crippen LogP contribution in [0.2, 0.25) is 0 Å². The summed E-state index contributed by atoms with van der Waals surface area (Å²) in [6, 6.07) is 1.88. The molecule has 114 valence electrons. The summed E-state index contributed by atoms with van der Waals surface area (Å²) in [7, 11) is 0. The smallest absolute Gasteiger partial charge is 0.267 e. The van der Waals surface area contributed by atoms with E-state index in [1.165, 1.54) is 12.8 Å². The number of rotatable bonds is 5. The number of nitrogens with zero attached hydrogens (tertiary/aromatic N) is 1. The minimum absolute atomic E-state index is 0. The van der Waals surface area contributed by atoms with Crippen LogP contribution in [0.15, 0.2) is 16.7 Å². The monoisotopic (exact) mass is 363 g/mol. The number of amides is 1. The summed E-state index contributed by atoms with van der Waals surface area (Å²) in [5, 5.41) is 6.43. The Morgan fingerprint density at radius 3 is 3.05 bits per heavy atom. The van der Waals surface area contributed by atoms with Crippen LogP contribution < -0.4 is 10.6 Å². The molecule has 0 saturated carbocycles. The molecule has 4 nitrogen and oxygen atoms in total. The first-order valence-electron chi connectivity index (χ1n) is 7.05. The maximum atomic E-state index is 12.1. The van der Waals surface area contributed by atoms with Gasteiger partial charge in [0.05, 0.1) is 0 Å². The van der Waals surface area contributed by atoms with E-state index < -0.39 is 0 Å². The number of piperidine rings is 1. The topological polar surface area (TPSA) is 46.1 Å². The van der Waals surface area contributed by atoms with Crippen LogP contribution in [0, 0.1) is 5.92 Å². The molecule has 1 unspecified atom stereocenters. The molecule has 1 amide bonds. The summed E-state index contributed by atoms with van der Waals surface area (Å²) in [6.07, 6.45) is 5.54. The van der Waals surface area contributed by atoms with Crippen molar-refractivity contribution in [2.45, 2.75) is 32.7 Å². The highest BCUT2D eigenvalue weighted by Crippen LogP contribution is 2.16. The summed E-state index contributed by atoms with van der Waals surface area (Å²) in [5.41, 5.74) is 0.733. The van der Waals surface area contributed by atoms with Gasteiger partial charge in [-0.25, -0.2) is 0 Å². The third-order valence-corrected chi connectivity index (χ3v) is 4.11. The predicted molar refractivity (Wildman–Crippen MR) is 87.6 cm³/mol. The van der Waals surface area contributed by atoms with Crippen LogP contribution in [-0.4, -0.2) is 30.1 Å². The van der Waals surface area contributed by atoms with Gasteiger partial charge in [-0.2, -0.15) is 0 Å².